The molecule has 0 saturated carbocycles. The summed E-state index contributed by atoms with van der Waals surface area (Å²) in [6, 6.07) is 3.77. The minimum Gasteiger partial charge on any atom is -0.370 e. The molecule has 0 amide bonds. The molecule has 0 aliphatic heterocycles. The zero-order valence-electron chi connectivity index (χ0n) is 10.7. The number of aryl methyl sites for hydroxylation is 1. The van der Waals surface area contributed by atoms with Gasteiger partial charge in [0.1, 0.15) is 5.82 Å². The summed E-state index contributed by atoms with van der Waals surface area (Å²) < 4.78 is 0. The number of rotatable bonds is 5. The lowest BCUT2D eigenvalue weighted by Gasteiger charge is -2.07. The van der Waals surface area contributed by atoms with Crippen LogP contribution in [0.5, 0.6) is 0 Å². The van der Waals surface area contributed by atoms with Gasteiger partial charge in [0.15, 0.2) is 11.6 Å². The average molecular weight is 243 g/mol. The van der Waals surface area contributed by atoms with E-state index >= 15 is 0 Å². The molecule has 0 saturated heterocycles. The fourth-order valence-corrected chi connectivity index (χ4v) is 1.67. The van der Waals surface area contributed by atoms with Crippen molar-refractivity contribution in [2.24, 2.45) is 0 Å². The number of nitrogens with zero attached hydrogens (tertiary/aromatic N) is 4. The van der Waals surface area contributed by atoms with Crippen LogP contribution in [0.4, 0.5) is 5.82 Å². The Kier molecular flexibility index (Phi) is 4.17. The van der Waals surface area contributed by atoms with Crippen LogP contribution < -0.4 is 5.32 Å². The highest BCUT2D eigenvalue weighted by Crippen LogP contribution is 2.14. The molecule has 5 nitrogen and oxygen atoms in total. The highest BCUT2D eigenvalue weighted by Gasteiger charge is 2.08. The lowest BCUT2D eigenvalue weighted by Crippen LogP contribution is -2.05. The Balaban J connectivity index is 2.39. The maximum atomic E-state index is 4.50. The Labute approximate surface area is 107 Å². The first-order valence-electron chi connectivity index (χ1n) is 6.22. The summed E-state index contributed by atoms with van der Waals surface area (Å²) in [5.74, 6) is 1.98. The van der Waals surface area contributed by atoms with Gasteiger partial charge in [-0.25, -0.2) is 19.9 Å². The van der Waals surface area contributed by atoms with Crippen molar-refractivity contribution in [2.45, 2.75) is 26.7 Å². The quantitative estimate of drug-likeness (QED) is 0.873. The van der Waals surface area contributed by atoms with Crippen LogP contribution in [0.2, 0.25) is 0 Å². The summed E-state index contributed by atoms with van der Waals surface area (Å²) in [6.45, 7) is 5.01. The first-order chi connectivity index (χ1) is 8.83. The van der Waals surface area contributed by atoms with Crippen molar-refractivity contribution < 1.29 is 0 Å². The molecule has 2 rings (SSSR count). The zero-order chi connectivity index (χ0) is 12.8. The molecule has 0 fully saturated rings. The summed E-state index contributed by atoms with van der Waals surface area (Å²) in [4.78, 5) is 17.3. The largest absolute Gasteiger partial charge is 0.370 e. The van der Waals surface area contributed by atoms with Gasteiger partial charge in [0.05, 0.1) is 0 Å². The molecule has 5 heteroatoms. The van der Waals surface area contributed by atoms with E-state index in [1.165, 1.54) is 0 Å². The molecule has 2 aromatic rings. The number of aromatic nitrogens is 4. The predicted octanol–water partition coefficient (Wildman–Crippen LogP) is 2.32. The fourth-order valence-electron chi connectivity index (χ4n) is 1.67. The standard InChI is InChI=1S/C13H17N5/c1-3-6-10-9-11(14-4-2)18-13(17-10)12-15-7-5-8-16-12/h5,7-9H,3-4,6H2,1-2H3,(H,14,17,18). The molecule has 0 aliphatic carbocycles. The summed E-state index contributed by atoms with van der Waals surface area (Å²) >= 11 is 0. The Hall–Kier alpha value is -2.04. The van der Waals surface area contributed by atoms with E-state index < -0.39 is 0 Å². The van der Waals surface area contributed by atoms with Crippen molar-refractivity contribution in [3.63, 3.8) is 0 Å². The summed E-state index contributed by atoms with van der Waals surface area (Å²) in [7, 11) is 0. The molecule has 18 heavy (non-hydrogen) atoms. The number of hydrogen-bond acceptors (Lipinski definition) is 5. The monoisotopic (exact) mass is 243 g/mol. The highest BCUT2D eigenvalue weighted by atomic mass is 15.1. The van der Waals surface area contributed by atoms with Crippen LogP contribution in [0.3, 0.4) is 0 Å². The van der Waals surface area contributed by atoms with E-state index in [0.717, 1.165) is 30.9 Å². The van der Waals surface area contributed by atoms with Gasteiger partial charge < -0.3 is 5.32 Å². The maximum Gasteiger partial charge on any atom is 0.199 e. The van der Waals surface area contributed by atoms with Crippen LogP contribution in [0.15, 0.2) is 24.5 Å². The van der Waals surface area contributed by atoms with E-state index in [9.17, 15) is 0 Å². The normalized spacial score (nSPS) is 10.3. The van der Waals surface area contributed by atoms with E-state index in [4.69, 9.17) is 0 Å². The van der Waals surface area contributed by atoms with Crippen LogP contribution >= 0.6 is 0 Å². The minimum atomic E-state index is 0.564. The van der Waals surface area contributed by atoms with Gasteiger partial charge in [-0.15, -0.1) is 0 Å². The van der Waals surface area contributed by atoms with Crippen molar-refractivity contribution >= 4 is 5.82 Å². The van der Waals surface area contributed by atoms with E-state index in [2.05, 4.69) is 32.2 Å². The Morgan fingerprint density at radius 3 is 2.50 bits per heavy atom. The van der Waals surface area contributed by atoms with Gasteiger partial charge in [-0.1, -0.05) is 13.3 Å². The van der Waals surface area contributed by atoms with Crippen LogP contribution in [-0.2, 0) is 6.42 Å². The first-order valence-corrected chi connectivity index (χ1v) is 6.22. The summed E-state index contributed by atoms with van der Waals surface area (Å²) in [6.07, 6.45) is 5.38. The molecular weight excluding hydrogens is 226 g/mol. The Bertz CT molecular complexity index is 474. The molecule has 94 valence electrons. The smallest absolute Gasteiger partial charge is 0.199 e. The molecule has 2 heterocycles. The molecular formula is C13H17N5. The molecule has 0 atom stereocenters. The molecule has 0 radical (unpaired) electrons. The molecule has 0 bridgehead atoms. The van der Waals surface area contributed by atoms with Crippen LogP contribution in [0.1, 0.15) is 26.0 Å². The third-order valence-electron chi connectivity index (χ3n) is 2.41. The van der Waals surface area contributed by atoms with Crippen LogP contribution in [-0.4, -0.2) is 26.5 Å². The second-order valence-electron chi connectivity index (χ2n) is 3.92. The predicted molar refractivity (Wildman–Crippen MR) is 71.2 cm³/mol. The number of hydrogen-bond donors (Lipinski definition) is 1. The highest BCUT2D eigenvalue weighted by molar-refractivity contribution is 5.48. The Morgan fingerprint density at radius 1 is 1.06 bits per heavy atom. The Morgan fingerprint density at radius 2 is 1.83 bits per heavy atom. The lowest BCUT2D eigenvalue weighted by atomic mass is 10.2. The van der Waals surface area contributed by atoms with Crippen molar-refractivity contribution in [1.82, 2.24) is 19.9 Å². The second-order valence-corrected chi connectivity index (χ2v) is 3.92. The molecule has 2 aromatic heterocycles. The summed E-state index contributed by atoms with van der Waals surface area (Å²) in [5.41, 5.74) is 1.02. The van der Waals surface area contributed by atoms with Gasteiger partial charge >= 0.3 is 0 Å². The molecule has 0 aliphatic rings. The zero-order valence-corrected chi connectivity index (χ0v) is 10.7. The fraction of sp³-hybridized carbons (Fsp3) is 0.385. The molecule has 1 N–H and O–H groups in total. The second kappa shape index (κ2) is 6.05. The van der Waals surface area contributed by atoms with E-state index in [-0.39, 0.29) is 0 Å². The number of anilines is 1. The van der Waals surface area contributed by atoms with E-state index in [1.54, 1.807) is 18.5 Å². The van der Waals surface area contributed by atoms with Crippen molar-refractivity contribution in [1.29, 1.82) is 0 Å². The molecule has 0 aromatic carbocycles. The SMILES string of the molecule is CCCc1cc(NCC)nc(-c2ncccn2)n1. The maximum absolute atomic E-state index is 4.50. The van der Waals surface area contributed by atoms with Crippen molar-refractivity contribution in [2.75, 3.05) is 11.9 Å². The van der Waals surface area contributed by atoms with Gasteiger partial charge in [0.25, 0.3) is 0 Å². The van der Waals surface area contributed by atoms with Crippen molar-refractivity contribution in [3.05, 3.63) is 30.2 Å². The third kappa shape index (κ3) is 3.00. The van der Waals surface area contributed by atoms with Gasteiger partial charge in [0, 0.05) is 30.7 Å². The topological polar surface area (TPSA) is 63.6 Å². The van der Waals surface area contributed by atoms with Gasteiger partial charge in [-0.3, -0.25) is 0 Å². The molecule has 0 unspecified atom stereocenters. The van der Waals surface area contributed by atoms with E-state index in [0.29, 0.717) is 11.6 Å². The van der Waals surface area contributed by atoms with Gasteiger partial charge in [-0.2, -0.15) is 0 Å². The lowest BCUT2D eigenvalue weighted by molar-refractivity contribution is 0.871. The average Bonchev–Trinajstić information content (AvgIpc) is 2.40. The van der Waals surface area contributed by atoms with Gasteiger partial charge in [0.2, 0.25) is 0 Å². The molecule has 0 spiro atoms. The van der Waals surface area contributed by atoms with Crippen LogP contribution in [0, 0.1) is 0 Å². The minimum absolute atomic E-state index is 0.564. The van der Waals surface area contributed by atoms with Crippen LogP contribution in [0.25, 0.3) is 11.6 Å². The third-order valence-corrected chi connectivity index (χ3v) is 2.41. The van der Waals surface area contributed by atoms with Gasteiger partial charge in [-0.05, 0) is 19.4 Å². The number of nitrogens with one attached hydrogen (secondary N) is 1. The van der Waals surface area contributed by atoms with Crippen molar-refractivity contribution in [3.8, 4) is 11.6 Å². The summed E-state index contributed by atoms with van der Waals surface area (Å²) in [5, 5.41) is 3.21. The van der Waals surface area contributed by atoms with E-state index in [1.807, 2.05) is 13.0 Å². The first kappa shape index (κ1) is 12.4.